The van der Waals surface area contributed by atoms with Crippen LogP contribution in [-0.4, -0.2) is 32.3 Å². The molecule has 0 bridgehead atoms. The van der Waals surface area contributed by atoms with Gasteiger partial charge in [0.2, 0.25) is 0 Å². The van der Waals surface area contributed by atoms with E-state index in [1.807, 2.05) is 49.4 Å². The van der Waals surface area contributed by atoms with Crippen molar-refractivity contribution in [3.63, 3.8) is 0 Å². The van der Waals surface area contributed by atoms with Gasteiger partial charge in [-0.05, 0) is 24.1 Å². The lowest BCUT2D eigenvalue weighted by Crippen LogP contribution is -2.39. The Morgan fingerprint density at radius 3 is 2.56 bits per heavy atom. The molecule has 0 aliphatic rings. The molecule has 0 heterocycles. The van der Waals surface area contributed by atoms with Crippen molar-refractivity contribution in [2.75, 3.05) is 20.3 Å². The zero-order chi connectivity index (χ0) is 17.9. The first-order valence-electron chi connectivity index (χ1n) is 8.43. The van der Waals surface area contributed by atoms with Gasteiger partial charge < -0.3 is 19.5 Å². The van der Waals surface area contributed by atoms with Crippen LogP contribution in [0.4, 0.5) is 0 Å². The Morgan fingerprint density at radius 2 is 1.84 bits per heavy atom. The average Bonchev–Trinajstić information content (AvgIpc) is 2.66. The fourth-order valence-corrected chi connectivity index (χ4v) is 2.29. The zero-order valence-electron chi connectivity index (χ0n) is 14.7. The van der Waals surface area contributed by atoms with Gasteiger partial charge in [0, 0.05) is 12.6 Å². The van der Waals surface area contributed by atoms with Gasteiger partial charge in [-0.2, -0.15) is 0 Å². The summed E-state index contributed by atoms with van der Waals surface area (Å²) in [5.74, 6) is 1.16. The highest BCUT2D eigenvalue weighted by Gasteiger charge is 2.18. The minimum Gasteiger partial charge on any atom is -0.497 e. The Balaban J connectivity index is 1.72. The van der Waals surface area contributed by atoms with E-state index in [1.165, 1.54) is 0 Å². The third-order valence-electron chi connectivity index (χ3n) is 3.64. The molecule has 0 saturated carbocycles. The summed E-state index contributed by atoms with van der Waals surface area (Å²) in [5, 5.41) is 2.85. The highest BCUT2D eigenvalue weighted by Crippen LogP contribution is 2.20. The number of rotatable bonds is 10. The van der Waals surface area contributed by atoms with Crippen molar-refractivity contribution in [3.8, 4) is 11.5 Å². The number of amides is 1. The quantitative estimate of drug-likeness (QED) is 0.673. The molecule has 5 nitrogen and oxygen atoms in total. The molecule has 134 valence electrons. The summed E-state index contributed by atoms with van der Waals surface area (Å²) in [4.78, 5) is 12.2. The van der Waals surface area contributed by atoms with Gasteiger partial charge >= 0.3 is 0 Å². The van der Waals surface area contributed by atoms with Crippen LogP contribution in [0, 0.1) is 0 Å². The fraction of sp³-hybridized carbons (Fsp3) is 0.350. The maximum Gasteiger partial charge on any atom is 0.261 e. The molecule has 0 saturated heterocycles. The SMILES string of the molecule is CC[C@@H](Oc1cccc(OC)c1)C(=O)NCCOCc1ccccc1. The van der Waals surface area contributed by atoms with E-state index in [0.29, 0.717) is 37.7 Å². The predicted octanol–water partition coefficient (Wildman–Crippen LogP) is 3.19. The molecular formula is C20H25NO4. The van der Waals surface area contributed by atoms with Gasteiger partial charge in [-0.3, -0.25) is 4.79 Å². The molecule has 0 aromatic heterocycles. The second kappa shape index (κ2) is 10.4. The molecule has 2 aromatic rings. The number of carbonyl (C=O) groups excluding carboxylic acids is 1. The van der Waals surface area contributed by atoms with Crippen molar-refractivity contribution in [1.29, 1.82) is 0 Å². The topological polar surface area (TPSA) is 56.8 Å². The third-order valence-corrected chi connectivity index (χ3v) is 3.64. The first-order valence-corrected chi connectivity index (χ1v) is 8.43. The Labute approximate surface area is 148 Å². The average molecular weight is 343 g/mol. The van der Waals surface area contributed by atoms with Crippen LogP contribution >= 0.6 is 0 Å². The van der Waals surface area contributed by atoms with E-state index in [9.17, 15) is 4.79 Å². The summed E-state index contributed by atoms with van der Waals surface area (Å²) in [7, 11) is 1.60. The minimum atomic E-state index is -0.541. The summed E-state index contributed by atoms with van der Waals surface area (Å²) in [6, 6.07) is 17.2. The van der Waals surface area contributed by atoms with E-state index in [-0.39, 0.29) is 5.91 Å². The lowest BCUT2D eigenvalue weighted by atomic mass is 10.2. The summed E-state index contributed by atoms with van der Waals surface area (Å²) >= 11 is 0. The van der Waals surface area contributed by atoms with Crippen LogP contribution in [-0.2, 0) is 16.1 Å². The Bertz CT molecular complexity index is 645. The zero-order valence-corrected chi connectivity index (χ0v) is 14.7. The van der Waals surface area contributed by atoms with Crippen LogP contribution in [0.2, 0.25) is 0 Å². The maximum atomic E-state index is 12.2. The van der Waals surface area contributed by atoms with E-state index in [4.69, 9.17) is 14.2 Å². The molecule has 0 radical (unpaired) electrons. The van der Waals surface area contributed by atoms with Crippen LogP contribution in [0.15, 0.2) is 54.6 Å². The maximum absolute atomic E-state index is 12.2. The van der Waals surface area contributed by atoms with Crippen LogP contribution in [0.1, 0.15) is 18.9 Å². The standard InChI is InChI=1S/C20H25NO4/c1-3-19(25-18-11-7-10-17(14-18)23-2)20(22)21-12-13-24-15-16-8-5-4-6-9-16/h4-11,14,19H,3,12-13,15H2,1-2H3,(H,21,22)/t19-/m1/s1. The van der Waals surface area contributed by atoms with Crippen LogP contribution < -0.4 is 14.8 Å². The van der Waals surface area contributed by atoms with Crippen LogP contribution in [0.5, 0.6) is 11.5 Å². The number of ether oxygens (including phenoxy) is 3. The minimum absolute atomic E-state index is 0.145. The molecule has 5 heteroatoms. The Hall–Kier alpha value is -2.53. The number of nitrogens with one attached hydrogen (secondary N) is 1. The molecule has 0 aliphatic heterocycles. The molecular weight excluding hydrogens is 318 g/mol. The highest BCUT2D eigenvalue weighted by atomic mass is 16.5. The molecule has 0 unspecified atom stereocenters. The van der Waals surface area contributed by atoms with Crippen LogP contribution in [0.3, 0.4) is 0 Å². The normalized spacial score (nSPS) is 11.6. The van der Waals surface area contributed by atoms with Crippen molar-refractivity contribution in [2.24, 2.45) is 0 Å². The van der Waals surface area contributed by atoms with Gasteiger partial charge in [-0.15, -0.1) is 0 Å². The number of carbonyl (C=O) groups is 1. The van der Waals surface area contributed by atoms with Crippen LogP contribution in [0.25, 0.3) is 0 Å². The summed E-state index contributed by atoms with van der Waals surface area (Å²) in [5.41, 5.74) is 1.11. The second-order valence-corrected chi connectivity index (χ2v) is 5.52. The first kappa shape index (κ1) is 18.8. The highest BCUT2D eigenvalue weighted by molar-refractivity contribution is 5.81. The van der Waals surface area contributed by atoms with Gasteiger partial charge in [0.25, 0.3) is 5.91 Å². The van der Waals surface area contributed by atoms with Crippen molar-refractivity contribution in [1.82, 2.24) is 5.32 Å². The molecule has 25 heavy (non-hydrogen) atoms. The summed E-state index contributed by atoms with van der Waals surface area (Å²) in [6.45, 7) is 3.35. The molecule has 1 N–H and O–H groups in total. The molecule has 2 rings (SSSR count). The van der Waals surface area contributed by atoms with Crippen molar-refractivity contribution in [2.45, 2.75) is 26.1 Å². The van der Waals surface area contributed by atoms with E-state index >= 15 is 0 Å². The largest absolute Gasteiger partial charge is 0.497 e. The lowest BCUT2D eigenvalue weighted by Gasteiger charge is -2.17. The monoisotopic (exact) mass is 343 g/mol. The number of benzene rings is 2. The van der Waals surface area contributed by atoms with E-state index < -0.39 is 6.10 Å². The van der Waals surface area contributed by atoms with Crippen molar-refractivity contribution in [3.05, 3.63) is 60.2 Å². The van der Waals surface area contributed by atoms with Gasteiger partial charge in [-0.1, -0.05) is 43.3 Å². The smallest absolute Gasteiger partial charge is 0.261 e. The number of hydrogen-bond donors (Lipinski definition) is 1. The Kier molecular flexibility index (Phi) is 7.79. The second-order valence-electron chi connectivity index (χ2n) is 5.52. The molecule has 1 atom stereocenters. The first-order chi connectivity index (χ1) is 12.2. The van der Waals surface area contributed by atoms with Crippen molar-refractivity contribution < 1.29 is 19.0 Å². The summed E-state index contributed by atoms with van der Waals surface area (Å²) < 4.78 is 16.5. The van der Waals surface area contributed by atoms with Gasteiger partial charge in [0.1, 0.15) is 11.5 Å². The van der Waals surface area contributed by atoms with E-state index in [0.717, 1.165) is 5.56 Å². The third kappa shape index (κ3) is 6.47. The van der Waals surface area contributed by atoms with Gasteiger partial charge in [0.05, 0.1) is 20.3 Å². The molecule has 1 amide bonds. The molecule has 0 fully saturated rings. The summed E-state index contributed by atoms with van der Waals surface area (Å²) in [6.07, 6.45) is 0.0368. The molecule has 0 aliphatic carbocycles. The number of hydrogen-bond acceptors (Lipinski definition) is 4. The molecule has 2 aromatic carbocycles. The predicted molar refractivity (Wildman–Crippen MR) is 96.8 cm³/mol. The molecule has 0 spiro atoms. The lowest BCUT2D eigenvalue weighted by molar-refractivity contribution is -0.128. The van der Waals surface area contributed by atoms with Gasteiger partial charge in [0.15, 0.2) is 6.10 Å². The van der Waals surface area contributed by atoms with Crippen molar-refractivity contribution >= 4 is 5.91 Å². The fourth-order valence-electron chi connectivity index (χ4n) is 2.29. The van der Waals surface area contributed by atoms with Gasteiger partial charge in [-0.25, -0.2) is 0 Å². The van der Waals surface area contributed by atoms with E-state index in [2.05, 4.69) is 5.32 Å². The Morgan fingerprint density at radius 1 is 1.08 bits per heavy atom. The van der Waals surface area contributed by atoms with E-state index in [1.54, 1.807) is 19.2 Å². The number of methoxy groups -OCH3 is 1.